The smallest absolute Gasteiger partial charge is 0.260 e. The second-order valence-electron chi connectivity index (χ2n) is 12.2. The molecule has 0 spiro atoms. The molecular formula is C33H33N7O2. The highest BCUT2D eigenvalue weighted by atomic mass is 16.3. The summed E-state index contributed by atoms with van der Waals surface area (Å²) in [5, 5.41) is 28.5. The summed E-state index contributed by atoms with van der Waals surface area (Å²) in [5.41, 5.74) is 6.37. The topological polar surface area (TPSA) is 111 Å². The molecule has 0 unspecified atom stereocenters. The summed E-state index contributed by atoms with van der Waals surface area (Å²) in [6.07, 6.45) is 6.60. The molecule has 2 aliphatic carbocycles. The maximum Gasteiger partial charge on any atom is 0.260 e. The SMILES string of the molecule is CN(Cc1ccc2c(c1)C(=O)N(c1cc(-c3ccc(C#N)cc3-c3nncn3C)cc(C3CC3)n1)C2)CC1(O)CCC1. The van der Waals surface area contributed by atoms with Crippen molar-refractivity contribution in [3.8, 4) is 28.6 Å². The zero-order valence-electron chi connectivity index (χ0n) is 23.9. The number of carbonyl (C=O) groups excluding carboxylic acids is 1. The third-order valence-electron chi connectivity index (χ3n) is 8.80. The van der Waals surface area contributed by atoms with Crippen LogP contribution in [0.3, 0.4) is 0 Å². The number of fused-ring (bicyclic) bond motifs is 1. The second kappa shape index (κ2) is 10.2. The number of anilines is 1. The Hall–Kier alpha value is -4.39. The van der Waals surface area contributed by atoms with Gasteiger partial charge in [0.1, 0.15) is 12.1 Å². The van der Waals surface area contributed by atoms with Crippen LogP contribution < -0.4 is 4.90 Å². The number of aryl methyl sites for hydroxylation is 1. The van der Waals surface area contributed by atoms with Crippen molar-refractivity contribution < 1.29 is 9.90 Å². The van der Waals surface area contributed by atoms with Crippen molar-refractivity contribution in [2.45, 2.75) is 56.7 Å². The van der Waals surface area contributed by atoms with Crippen molar-refractivity contribution in [2.75, 3.05) is 18.5 Å². The number of likely N-dealkylation sites (N-methyl/N-ethyl adjacent to an activating group) is 1. The van der Waals surface area contributed by atoms with Crippen molar-refractivity contribution in [3.63, 3.8) is 0 Å². The molecule has 0 radical (unpaired) electrons. The Balaban J connectivity index is 1.22. The monoisotopic (exact) mass is 559 g/mol. The van der Waals surface area contributed by atoms with Crippen LogP contribution in [0.15, 0.2) is 54.9 Å². The van der Waals surface area contributed by atoms with E-state index in [1.807, 2.05) is 55.1 Å². The standard InChI is InChI=1S/C33H33N7O2/c1-38(19-33(42)10-3-11-33)17-22-4-6-24-18-40(32(41)27(24)13-22)30-15-25(14-29(36-30)23-7-8-23)26-9-5-21(16-34)12-28(26)31-37-35-20-39(31)2/h4-6,9,12-15,20,23,42H,3,7-8,10-11,17-19H2,1-2H3. The van der Waals surface area contributed by atoms with Gasteiger partial charge in [0.25, 0.3) is 5.91 Å². The first-order valence-corrected chi connectivity index (χ1v) is 14.6. The summed E-state index contributed by atoms with van der Waals surface area (Å²) in [7, 11) is 3.90. The van der Waals surface area contributed by atoms with Crippen LogP contribution in [0.5, 0.6) is 0 Å². The van der Waals surface area contributed by atoms with Crippen LogP contribution in [0.1, 0.15) is 70.8 Å². The van der Waals surface area contributed by atoms with Crippen molar-refractivity contribution in [1.82, 2.24) is 24.6 Å². The Kier molecular flexibility index (Phi) is 6.41. The van der Waals surface area contributed by atoms with E-state index >= 15 is 0 Å². The Morgan fingerprint density at radius 1 is 1.10 bits per heavy atom. The summed E-state index contributed by atoms with van der Waals surface area (Å²) in [6.45, 7) is 1.77. The number of rotatable bonds is 8. The van der Waals surface area contributed by atoms with E-state index in [2.05, 4.69) is 33.3 Å². The maximum absolute atomic E-state index is 13.8. The molecule has 212 valence electrons. The van der Waals surface area contributed by atoms with Gasteiger partial charge in [-0.15, -0.1) is 10.2 Å². The second-order valence-corrected chi connectivity index (χ2v) is 12.2. The number of aliphatic hydroxyl groups is 1. The maximum atomic E-state index is 13.8. The molecule has 3 heterocycles. The number of carbonyl (C=O) groups is 1. The Bertz CT molecular complexity index is 1750. The largest absolute Gasteiger partial charge is 0.389 e. The van der Waals surface area contributed by atoms with Gasteiger partial charge in [0, 0.05) is 42.9 Å². The van der Waals surface area contributed by atoms with E-state index in [0.29, 0.717) is 48.3 Å². The zero-order chi connectivity index (χ0) is 29.0. The van der Waals surface area contributed by atoms with E-state index in [1.165, 1.54) is 0 Å². The van der Waals surface area contributed by atoms with Gasteiger partial charge < -0.3 is 9.67 Å². The van der Waals surface area contributed by atoms with Gasteiger partial charge in [-0.1, -0.05) is 18.2 Å². The number of nitriles is 1. The van der Waals surface area contributed by atoms with Crippen LogP contribution in [0.2, 0.25) is 0 Å². The van der Waals surface area contributed by atoms with E-state index in [-0.39, 0.29) is 5.91 Å². The van der Waals surface area contributed by atoms with Gasteiger partial charge in [0.05, 0.1) is 23.8 Å². The van der Waals surface area contributed by atoms with Crippen LogP contribution in [0, 0.1) is 11.3 Å². The predicted octanol–water partition coefficient (Wildman–Crippen LogP) is 4.80. The quantitative estimate of drug-likeness (QED) is 0.330. The molecule has 2 aromatic heterocycles. The fraction of sp³-hybridized carbons (Fsp3) is 0.364. The summed E-state index contributed by atoms with van der Waals surface area (Å²) in [5.74, 6) is 1.63. The Morgan fingerprint density at radius 2 is 1.93 bits per heavy atom. The van der Waals surface area contributed by atoms with E-state index in [0.717, 1.165) is 65.6 Å². The minimum absolute atomic E-state index is 0.0492. The molecule has 0 atom stereocenters. The highest BCUT2D eigenvalue weighted by Crippen LogP contribution is 2.43. The number of aromatic nitrogens is 4. The minimum atomic E-state index is -0.574. The van der Waals surface area contributed by atoms with Crippen LogP contribution in [0.4, 0.5) is 5.82 Å². The third-order valence-corrected chi connectivity index (χ3v) is 8.80. The average molecular weight is 560 g/mol. The van der Waals surface area contributed by atoms with Gasteiger partial charge in [0.2, 0.25) is 0 Å². The third kappa shape index (κ3) is 4.87. The number of hydrogen-bond donors (Lipinski definition) is 1. The molecule has 2 saturated carbocycles. The number of hydrogen-bond acceptors (Lipinski definition) is 7. The molecule has 4 aromatic rings. The van der Waals surface area contributed by atoms with E-state index in [1.54, 1.807) is 11.2 Å². The van der Waals surface area contributed by atoms with E-state index in [4.69, 9.17) is 4.98 Å². The molecule has 0 bridgehead atoms. The highest BCUT2D eigenvalue weighted by Gasteiger charge is 2.36. The Morgan fingerprint density at radius 3 is 2.62 bits per heavy atom. The molecule has 0 saturated heterocycles. The van der Waals surface area contributed by atoms with Crippen LogP contribution in [-0.4, -0.2) is 54.9 Å². The van der Waals surface area contributed by atoms with Crippen LogP contribution in [0.25, 0.3) is 22.5 Å². The fourth-order valence-electron chi connectivity index (χ4n) is 6.24. The summed E-state index contributed by atoms with van der Waals surface area (Å²) in [6, 6.07) is 18.1. The average Bonchev–Trinajstić information content (AvgIpc) is 3.66. The van der Waals surface area contributed by atoms with Gasteiger partial charge in [-0.3, -0.25) is 14.6 Å². The van der Waals surface area contributed by atoms with Gasteiger partial charge in [0.15, 0.2) is 5.82 Å². The molecular weight excluding hydrogens is 526 g/mol. The molecule has 3 aliphatic rings. The molecule has 9 heteroatoms. The van der Waals surface area contributed by atoms with Crippen LogP contribution in [-0.2, 0) is 20.1 Å². The summed E-state index contributed by atoms with van der Waals surface area (Å²) < 4.78 is 1.84. The van der Waals surface area contributed by atoms with Gasteiger partial charge >= 0.3 is 0 Å². The van der Waals surface area contributed by atoms with Gasteiger partial charge in [-0.2, -0.15) is 5.26 Å². The first-order chi connectivity index (χ1) is 20.3. The lowest BCUT2D eigenvalue weighted by Gasteiger charge is -2.39. The lowest BCUT2D eigenvalue weighted by molar-refractivity contribution is -0.0555. The van der Waals surface area contributed by atoms with E-state index in [9.17, 15) is 15.2 Å². The molecule has 2 aromatic carbocycles. The van der Waals surface area contributed by atoms with Gasteiger partial charge in [-0.25, -0.2) is 4.98 Å². The first kappa shape index (κ1) is 26.5. The van der Waals surface area contributed by atoms with Crippen molar-refractivity contribution in [2.24, 2.45) is 7.05 Å². The number of benzene rings is 2. The van der Waals surface area contributed by atoms with Gasteiger partial charge in [-0.05, 0) is 91.7 Å². The lowest BCUT2D eigenvalue weighted by Crippen LogP contribution is -2.46. The molecule has 1 amide bonds. The molecule has 42 heavy (non-hydrogen) atoms. The van der Waals surface area contributed by atoms with Crippen molar-refractivity contribution in [1.29, 1.82) is 5.26 Å². The fourth-order valence-corrected chi connectivity index (χ4v) is 6.24. The highest BCUT2D eigenvalue weighted by molar-refractivity contribution is 6.10. The molecule has 9 nitrogen and oxygen atoms in total. The number of nitrogens with zero attached hydrogens (tertiary/aromatic N) is 7. The summed E-state index contributed by atoms with van der Waals surface area (Å²) >= 11 is 0. The molecule has 2 fully saturated rings. The first-order valence-electron chi connectivity index (χ1n) is 14.6. The van der Waals surface area contributed by atoms with Crippen LogP contribution >= 0.6 is 0 Å². The zero-order valence-corrected chi connectivity index (χ0v) is 23.9. The van der Waals surface area contributed by atoms with E-state index < -0.39 is 5.60 Å². The molecule has 1 N–H and O–H groups in total. The minimum Gasteiger partial charge on any atom is -0.389 e. The molecule has 7 rings (SSSR count). The summed E-state index contributed by atoms with van der Waals surface area (Å²) in [4.78, 5) is 22.7. The number of amides is 1. The number of pyridine rings is 1. The predicted molar refractivity (Wildman–Crippen MR) is 158 cm³/mol. The molecule has 1 aliphatic heterocycles. The van der Waals surface area contributed by atoms with Crippen molar-refractivity contribution >= 4 is 11.7 Å². The van der Waals surface area contributed by atoms with Crippen molar-refractivity contribution in [3.05, 3.63) is 82.8 Å². The Labute approximate surface area is 245 Å². The normalized spacial score (nSPS) is 17.3. The lowest BCUT2D eigenvalue weighted by atomic mass is 9.80.